The molecule has 0 radical (unpaired) electrons. The SMILES string of the molecule is C/C(Cl)=C/Cn1c(N/N=C/c2ccc(C)cc2)nc2c1c(=O)n(C)c(=O)n2C. The first-order valence-electron chi connectivity index (χ1n) is 8.64. The van der Waals surface area contributed by atoms with Gasteiger partial charge in [-0.25, -0.2) is 10.2 Å². The van der Waals surface area contributed by atoms with Crippen molar-refractivity contribution in [3.8, 4) is 0 Å². The van der Waals surface area contributed by atoms with Crippen molar-refractivity contribution in [1.82, 2.24) is 18.7 Å². The second-order valence-corrected chi connectivity index (χ2v) is 7.09. The molecule has 0 atom stereocenters. The minimum absolute atomic E-state index is 0.279. The molecule has 146 valence electrons. The van der Waals surface area contributed by atoms with E-state index in [2.05, 4.69) is 15.5 Å². The minimum Gasteiger partial charge on any atom is -0.299 e. The van der Waals surface area contributed by atoms with Crippen molar-refractivity contribution >= 4 is 34.9 Å². The Morgan fingerprint density at radius 2 is 1.89 bits per heavy atom. The number of halogens is 1. The predicted molar refractivity (Wildman–Crippen MR) is 112 cm³/mol. The molecule has 0 fully saturated rings. The number of hydrogen-bond donors (Lipinski definition) is 1. The molecule has 0 saturated heterocycles. The van der Waals surface area contributed by atoms with Gasteiger partial charge in [0, 0.05) is 25.7 Å². The molecule has 0 bridgehead atoms. The molecule has 0 spiro atoms. The van der Waals surface area contributed by atoms with Crippen LogP contribution in [0.25, 0.3) is 11.2 Å². The lowest BCUT2D eigenvalue weighted by Crippen LogP contribution is -2.37. The number of fused-ring (bicyclic) bond motifs is 1. The maximum absolute atomic E-state index is 12.7. The van der Waals surface area contributed by atoms with Crippen LogP contribution in [0, 0.1) is 6.92 Å². The number of benzene rings is 1. The van der Waals surface area contributed by atoms with Crippen LogP contribution in [0.2, 0.25) is 0 Å². The predicted octanol–water partition coefficient (Wildman–Crippen LogP) is 2.33. The molecule has 0 saturated carbocycles. The van der Waals surface area contributed by atoms with E-state index in [1.807, 2.05) is 31.2 Å². The second-order valence-electron chi connectivity index (χ2n) is 6.50. The lowest BCUT2D eigenvalue weighted by atomic mass is 10.2. The van der Waals surface area contributed by atoms with E-state index in [0.29, 0.717) is 23.0 Å². The fraction of sp³-hybridized carbons (Fsp3) is 0.263. The molecule has 2 aromatic heterocycles. The van der Waals surface area contributed by atoms with Gasteiger partial charge in [-0.05, 0) is 19.4 Å². The van der Waals surface area contributed by atoms with Gasteiger partial charge >= 0.3 is 5.69 Å². The Labute approximate surface area is 166 Å². The number of allylic oxidation sites excluding steroid dienone is 2. The molecule has 1 aromatic carbocycles. The Morgan fingerprint density at radius 1 is 1.21 bits per heavy atom. The minimum atomic E-state index is -0.444. The van der Waals surface area contributed by atoms with E-state index in [-0.39, 0.29) is 5.65 Å². The van der Waals surface area contributed by atoms with Crippen molar-refractivity contribution in [2.24, 2.45) is 19.2 Å². The molecule has 0 amide bonds. The van der Waals surface area contributed by atoms with Crippen LogP contribution in [0.15, 0.2) is 50.1 Å². The molecule has 8 nitrogen and oxygen atoms in total. The van der Waals surface area contributed by atoms with Crippen LogP contribution < -0.4 is 16.7 Å². The number of anilines is 1. The summed E-state index contributed by atoms with van der Waals surface area (Å²) in [5.41, 5.74) is 4.65. The smallest absolute Gasteiger partial charge is 0.299 e. The Kier molecular flexibility index (Phi) is 5.51. The number of hydrazone groups is 1. The molecule has 3 rings (SSSR count). The highest BCUT2D eigenvalue weighted by Gasteiger charge is 2.18. The van der Waals surface area contributed by atoms with E-state index in [4.69, 9.17) is 11.6 Å². The zero-order valence-electron chi connectivity index (χ0n) is 16.1. The summed E-state index contributed by atoms with van der Waals surface area (Å²) in [6.07, 6.45) is 3.41. The Bertz CT molecular complexity index is 1190. The van der Waals surface area contributed by atoms with Gasteiger partial charge in [0.2, 0.25) is 5.95 Å². The first-order valence-corrected chi connectivity index (χ1v) is 9.01. The molecule has 0 aliphatic heterocycles. The monoisotopic (exact) mass is 400 g/mol. The first-order chi connectivity index (χ1) is 13.3. The number of aryl methyl sites for hydroxylation is 2. The summed E-state index contributed by atoms with van der Waals surface area (Å²) in [6.45, 7) is 4.07. The van der Waals surface area contributed by atoms with Crippen LogP contribution in [0.4, 0.5) is 5.95 Å². The zero-order valence-corrected chi connectivity index (χ0v) is 16.9. The van der Waals surface area contributed by atoms with Gasteiger partial charge < -0.3 is 0 Å². The van der Waals surface area contributed by atoms with Crippen LogP contribution in [-0.2, 0) is 20.6 Å². The van der Waals surface area contributed by atoms with Crippen molar-refractivity contribution in [2.75, 3.05) is 5.43 Å². The summed E-state index contributed by atoms with van der Waals surface area (Å²) in [4.78, 5) is 29.3. The number of imidazole rings is 1. The van der Waals surface area contributed by atoms with Crippen LogP contribution in [0.5, 0.6) is 0 Å². The fourth-order valence-electron chi connectivity index (χ4n) is 2.74. The standard InChI is InChI=1S/C19H21ClN6O2/c1-12-5-7-14(8-6-12)11-21-23-18-22-16-15(26(18)10-9-13(2)20)17(27)25(4)19(28)24(16)3/h5-9,11H,10H2,1-4H3,(H,22,23)/b13-9-,21-11+. The van der Waals surface area contributed by atoms with E-state index in [1.165, 1.54) is 11.6 Å². The average Bonchev–Trinajstić information content (AvgIpc) is 3.03. The Hall–Kier alpha value is -3.13. The van der Waals surface area contributed by atoms with Crippen LogP contribution in [0.3, 0.4) is 0 Å². The number of hydrogen-bond acceptors (Lipinski definition) is 5. The van der Waals surface area contributed by atoms with Gasteiger partial charge in [0.25, 0.3) is 5.56 Å². The van der Waals surface area contributed by atoms with E-state index < -0.39 is 11.2 Å². The van der Waals surface area contributed by atoms with E-state index in [1.54, 1.807) is 30.8 Å². The Morgan fingerprint density at radius 3 is 2.54 bits per heavy atom. The molecule has 0 aliphatic rings. The van der Waals surface area contributed by atoms with Crippen LogP contribution in [-0.4, -0.2) is 24.9 Å². The molecule has 9 heteroatoms. The maximum Gasteiger partial charge on any atom is 0.332 e. The van der Waals surface area contributed by atoms with Gasteiger partial charge in [0.05, 0.1) is 6.21 Å². The van der Waals surface area contributed by atoms with E-state index >= 15 is 0 Å². The lowest BCUT2D eigenvalue weighted by molar-refractivity contribution is 0.703. The third kappa shape index (κ3) is 3.77. The van der Waals surface area contributed by atoms with Gasteiger partial charge in [-0.1, -0.05) is 47.5 Å². The van der Waals surface area contributed by atoms with Crippen molar-refractivity contribution < 1.29 is 0 Å². The van der Waals surface area contributed by atoms with E-state index in [9.17, 15) is 9.59 Å². The van der Waals surface area contributed by atoms with Gasteiger partial charge in [-0.15, -0.1) is 0 Å². The molecule has 0 aliphatic carbocycles. The number of rotatable bonds is 5. The zero-order chi connectivity index (χ0) is 20.4. The third-order valence-electron chi connectivity index (χ3n) is 4.36. The van der Waals surface area contributed by atoms with Crippen molar-refractivity contribution in [2.45, 2.75) is 20.4 Å². The summed E-state index contributed by atoms with van der Waals surface area (Å²) in [7, 11) is 3.01. The molecule has 0 unspecified atom stereocenters. The second kappa shape index (κ2) is 7.85. The third-order valence-corrected chi connectivity index (χ3v) is 4.51. The van der Waals surface area contributed by atoms with Crippen molar-refractivity contribution in [3.05, 3.63) is 67.3 Å². The molecule has 1 N–H and O–H groups in total. The topological polar surface area (TPSA) is 86.2 Å². The summed E-state index contributed by atoms with van der Waals surface area (Å²) in [5, 5.41) is 4.80. The van der Waals surface area contributed by atoms with E-state index in [0.717, 1.165) is 15.7 Å². The van der Waals surface area contributed by atoms with Crippen molar-refractivity contribution in [1.29, 1.82) is 0 Å². The highest BCUT2D eigenvalue weighted by molar-refractivity contribution is 6.29. The molecule has 3 aromatic rings. The lowest BCUT2D eigenvalue weighted by Gasteiger charge is -2.07. The number of nitrogens with one attached hydrogen (secondary N) is 1. The highest BCUT2D eigenvalue weighted by Crippen LogP contribution is 2.16. The summed E-state index contributed by atoms with van der Waals surface area (Å²) < 4.78 is 4.03. The average molecular weight is 401 g/mol. The maximum atomic E-state index is 12.7. The summed E-state index contributed by atoms with van der Waals surface area (Å²) >= 11 is 5.96. The number of aromatic nitrogens is 4. The van der Waals surface area contributed by atoms with Gasteiger partial charge in [0.15, 0.2) is 11.2 Å². The highest BCUT2D eigenvalue weighted by atomic mass is 35.5. The van der Waals surface area contributed by atoms with Crippen molar-refractivity contribution in [3.63, 3.8) is 0 Å². The quantitative estimate of drug-likeness (QED) is 0.526. The summed E-state index contributed by atoms with van der Waals surface area (Å²) in [5.74, 6) is 0.339. The van der Waals surface area contributed by atoms with Crippen LogP contribution in [0.1, 0.15) is 18.1 Å². The van der Waals surface area contributed by atoms with Crippen LogP contribution >= 0.6 is 11.6 Å². The molecule has 28 heavy (non-hydrogen) atoms. The number of nitrogens with zero attached hydrogens (tertiary/aromatic N) is 5. The molecular weight excluding hydrogens is 380 g/mol. The molecular formula is C19H21ClN6O2. The molecule has 2 heterocycles. The van der Waals surface area contributed by atoms with Gasteiger partial charge in [-0.2, -0.15) is 10.1 Å². The van der Waals surface area contributed by atoms with Gasteiger partial charge in [0.1, 0.15) is 0 Å². The first kappa shape index (κ1) is 19.6. The Balaban J connectivity index is 2.08. The van der Waals surface area contributed by atoms with Gasteiger partial charge in [-0.3, -0.25) is 18.5 Å². The fourth-order valence-corrected chi connectivity index (χ4v) is 2.81. The summed E-state index contributed by atoms with van der Waals surface area (Å²) in [6, 6.07) is 7.87. The normalized spacial score (nSPS) is 12.2. The largest absolute Gasteiger partial charge is 0.332 e.